The molecule has 4 nitrogen and oxygen atoms in total. The molecule has 2 rings (SSSR count). The molecule has 0 saturated carbocycles. The van der Waals surface area contributed by atoms with E-state index < -0.39 is 0 Å². The third-order valence-corrected chi connectivity index (χ3v) is 3.31. The van der Waals surface area contributed by atoms with Crippen molar-refractivity contribution in [2.75, 3.05) is 23.7 Å². The highest BCUT2D eigenvalue weighted by Crippen LogP contribution is 2.13. The number of anilines is 2. The number of rotatable bonds is 7. The van der Waals surface area contributed by atoms with Crippen LogP contribution in [0.1, 0.15) is 18.4 Å². The number of pyridine rings is 1. The minimum atomic E-state index is 0.881. The summed E-state index contributed by atoms with van der Waals surface area (Å²) >= 11 is 1.69. The summed E-state index contributed by atoms with van der Waals surface area (Å²) in [5, 5.41) is 9.86. The van der Waals surface area contributed by atoms with Gasteiger partial charge in [0.05, 0.1) is 28.8 Å². The number of nitrogens with one attached hydrogen (secondary N) is 2. The molecule has 0 aliphatic rings. The first kappa shape index (κ1) is 12.8. The summed E-state index contributed by atoms with van der Waals surface area (Å²) in [4.78, 5) is 8.47. The Hall–Kier alpha value is -1.62. The van der Waals surface area contributed by atoms with Crippen LogP contribution in [0.3, 0.4) is 0 Å². The summed E-state index contributed by atoms with van der Waals surface area (Å²) in [6.45, 7) is 4.01. The van der Waals surface area contributed by atoms with Crippen LogP contribution >= 0.6 is 11.3 Å². The van der Waals surface area contributed by atoms with E-state index in [0.717, 1.165) is 42.3 Å². The van der Waals surface area contributed by atoms with Gasteiger partial charge >= 0.3 is 0 Å². The third kappa shape index (κ3) is 4.00. The van der Waals surface area contributed by atoms with E-state index in [4.69, 9.17) is 0 Å². The molecule has 0 aromatic carbocycles. The van der Waals surface area contributed by atoms with Crippen molar-refractivity contribution in [3.05, 3.63) is 35.0 Å². The maximum absolute atomic E-state index is 4.26. The topological polar surface area (TPSA) is 49.8 Å². The Labute approximate surface area is 111 Å². The average Bonchev–Trinajstić information content (AvgIpc) is 2.90. The number of nitrogens with zero attached hydrogens (tertiary/aromatic N) is 2. The molecule has 0 spiro atoms. The first-order valence-corrected chi connectivity index (χ1v) is 7.07. The molecule has 2 aromatic rings. The van der Waals surface area contributed by atoms with Gasteiger partial charge in [0.1, 0.15) is 0 Å². The van der Waals surface area contributed by atoms with E-state index in [1.165, 1.54) is 0 Å². The maximum Gasteiger partial charge on any atom is 0.0942 e. The van der Waals surface area contributed by atoms with Gasteiger partial charge in [0.2, 0.25) is 0 Å². The van der Waals surface area contributed by atoms with Gasteiger partial charge in [-0.15, -0.1) is 11.3 Å². The van der Waals surface area contributed by atoms with Crippen LogP contribution in [0.4, 0.5) is 11.4 Å². The second-order valence-corrected chi connectivity index (χ2v) is 4.97. The van der Waals surface area contributed by atoms with Crippen LogP contribution in [0.15, 0.2) is 30.0 Å². The van der Waals surface area contributed by atoms with Crippen LogP contribution < -0.4 is 10.6 Å². The van der Waals surface area contributed by atoms with Gasteiger partial charge in [-0.05, 0) is 12.5 Å². The maximum atomic E-state index is 4.26. The van der Waals surface area contributed by atoms with Crippen LogP contribution in [0.2, 0.25) is 0 Å². The highest BCUT2D eigenvalue weighted by molar-refractivity contribution is 7.09. The first-order valence-electron chi connectivity index (χ1n) is 6.19. The van der Waals surface area contributed by atoms with Crippen molar-refractivity contribution in [2.45, 2.75) is 19.8 Å². The molecule has 2 N–H and O–H groups in total. The predicted octanol–water partition coefficient (Wildman–Crippen LogP) is 3.01. The molecule has 0 amide bonds. The van der Waals surface area contributed by atoms with Crippen molar-refractivity contribution in [1.29, 1.82) is 0 Å². The van der Waals surface area contributed by atoms with E-state index in [1.54, 1.807) is 11.3 Å². The second kappa shape index (κ2) is 6.96. The van der Waals surface area contributed by atoms with Crippen LogP contribution in [0, 0.1) is 0 Å². The van der Waals surface area contributed by atoms with Gasteiger partial charge in [-0.25, -0.2) is 4.98 Å². The Morgan fingerprint density at radius 2 is 1.94 bits per heavy atom. The molecule has 0 atom stereocenters. The fourth-order valence-electron chi connectivity index (χ4n) is 1.59. The summed E-state index contributed by atoms with van der Waals surface area (Å²) in [6, 6.07) is 2.09. The molecule has 2 heterocycles. The summed E-state index contributed by atoms with van der Waals surface area (Å²) in [7, 11) is 0. The van der Waals surface area contributed by atoms with Crippen molar-refractivity contribution in [3.8, 4) is 0 Å². The number of aromatic nitrogens is 2. The van der Waals surface area contributed by atoms with E-state index in [-0.39, 0.29) is 0 Å². The fraction of sp³-hybridized carbons (Fsp3) is 0.385. The quantitative estimate of drug-likeness (QED) is 0.805. The Balaban J connectivity index is 1.81. The third-order valence-electron chi connectivity index (χ3n) is 2.47. The van der Waals surface area contributed by atoms with Gasteiger partial charge in [0.25, 0.3) is 0 Å². The van der Waals surface area contributed by atoms with Crippen LogP contribution in [0.25, 0.3) is 0 Å². The summed E-state index contributed by atoms with van der Waals surface area (Å²) in [5.74, 6) is 0. The minimum absolute atomic E-state index is 0.881. The van der Waals surface area contributed by atoms with Gasteiger partial charge in [-0.3, -0.25) is 4.98 Å². The first-order chi connectivity index (χ1) is 8.88. The molecule has 2 aromatic heterocycles. The van der Waals surface area contributed by atoms with Crippen molar-refractivity contribution in [2.24, 2.45) is 0 Å². The largest absolute Gasteiger partial charge is 0.384 e. The Bertz CT molecular complexity index is 456. The molecule has 0 aliphatic heterocycles. The van der Waals surface area contributed by atoms with E-state index >= 15 is 0 Å². The number of hydrogen-bond acceptors (Lipinski definition) is 5. The van der Waals surface area contributed by atoms with Gasteiger partial charge in [-0.2, -0.15) is 0 Å². The lowest BCUT2D eigenvalue weighted by molar-refractivity contribution is 0.975. The normalized spacial score (nSPS) is 10.3. The Morgan fingerprint density at radius 1 is 1.17 bits per heavy atom. The van der Waals surface area contributed by atoms with E-state index in [2.05, 4.69) is 33.6 Å². The van der Waals surface area contributed by atoms with E-state index in [1.807, 2.05) is 24.0 Å². The zero-order valence-electron chi connectivity index (χ0n) is 10.5. The zero-order chi connectivity index (χ0) is 12.6. The van der Waals surface area contributed by atoms with Crippen molar-refractivity contribution in [1.82, 2.24) is 9.97 Å². The average molecular weight is 262 g/mol. The molecule has 0 radical (unpaired) electrons. The Kier molecular flexibility index (Phi) is 4.96. The molecular weight excluding hydrogens is 244 g/mol. The van der Waals surface area contributed by atoms with Crippen LogP contribution in [0.5, 0.6) is 0 Å². The lowest BCUT2D eigenvalue weighted by atomic mass is 10.3. The van der Waals surface area contributed by atoms with Gasteiger partial charge < -0.3 is 10.6 Å². The zero-order valence-corrected chi connectivity index (χ0v) is 11.3. The fourth-order valence-corrected chi connectivity index (χ4v) is 2.21. The van der Waals surface area contributed by atoms with E-state index in [9.17, 15) is 0 Å². The van der Waals surface area contributed by atoms with Crippen LogP contribution in [-0.4, -0.2) is 23.1 Å². The lowest BCUT2D eigenvalue weighted by Gasteiger charge is -2.08. The molecule has 18 heavy (non-hydrogen) atoms. The second-order valence-electron chi connectivity index (χ2n) is 3.99. The number of hydrogen-bond donors (Lipinski definition) is 2. The van der Waals surface area contributed by atoms with Crippen molar-refractivity contribution in [3.63, 3.8) is 0 Å². The SMILES string of the molecule is CCCNc1cncc(NCCc2nccs2)c1. The minimum Gasteiger partial charge on any atom is -0.384 e. The highest BCUT2D eigenvalue weighted by Gasteiger charge is 1.98. The standard InChI is InChI=1S/C13H18N4S/c1-2-4-15-11-8-12(10-14-9-11)16-5-3-13-17-6-7-18-13/h6-10,15-16H,2-5H2,1H3. The summed E-state index contributed by atoms with van der Waals surface area (Å²) in [5.41, 5.74) is 2.11. The summed E-state index contributed by atoms with van der Waals surface area (Å²) < 4.78 is 0. The molecule has 0 bridgehead atoms. The number of thiazole rings is 1. The molecule has 0 aliphatic carbocycles. The van der Waals surface area contributed by atoms with Crippen molar-refractivity contribution < 1.29 is 0 Å². The molecule has 0 saturated heterocycles. The molecule has 0 fully saturated rings. The summed E-state index contributed by atoms with van der Waals surface area (Å²) in [6.07, 6.45) is 7.60. The lowest BCUT2D eigenvalue weighted by Crippen LogP contribution is -2.06. The van der Waals surface area contributed by atoms with E-state index in [0.29, 0.717) is 0 Å². The molecular formula is C13H18N4S. The molecule has 96 valence electrons. The Morgan fingerprint density at radius 3 is 2.61 bits per heavy atom. The highest BCUT2D eigenvalue weighted by atomic mass is 32.1. The van der Waals surface area contributed by atoms with Gasteiger partial charge in [-0.1, -0.05) is 6.92 Å². The predicted molar refractivity (Wildman–Crippen MR) is 77.3 cm³/mol. The van der Waals surface area contributed by atoms with Crippen LogP contribution in [-0.2, 0) is 6.42 Å². The molecule has 5 heteroatoms. The smallest absolute Gasteiger partial charge is 0.0942 e. The van der Waals surface area contributed by atoms with Gasteiger partial charge in [0, 0.05) is 31.1 Å². The monoisotopic (exact) mass is 262 g/mol. The van der Waals surface area contributed by atoms with Gasteiger partial charge in [0.15, 0.2) is 0 Å². The van der Waals surface area contributed by atoms with Crippen molar-refractivity contribution >= 4 is 22.7 Å². The molecule has 0 unspecified atom stereocenters.